The van der Waals surface area contributed by atoms with Gasteiger partial charge in [-0.25, -0.2) is 0 Å². The molecule has 46 valence electrons. The molecule has 0 spiro atoms. The molecule has 0 aliphatic carbocycles. The van der Waals surface area contributed by atoms with E-state index in [0.717, 1.165) is 12.1 Å². The van der Waals surface area contributed by atoms with Crippen molar-refractivity contribution in [1.82, 2.24) is 5.32 Å². The molecule has 0 saturated heterocycles. The first-order chi connectivity index (χ1) is 3.85. The average molecular weight is 112 g/mol. The van der Waals surface area contributed by atoms with Crippen molar-refractivity contribution >= 4 is 6.21 Å². The van der Waals surface area contributed by atoms with E-state index in [9.17, 15) is 0 Å². The molecule has 0 aliphatic heterocycles. The number of hydrogen-bond acceptors (Lipinski definition) is 2. The van der Waals surface area contributed by atoms with Crippen molar-refractivity contribution in [2.45, 2.75) is 13.3 Å². The van der Waals surface area contributed by atoms with Gasteiger partial charge in [-0.05, 0) is 6.42 Å². The van der Waals surface area contributed by atoms with Crippen LogP contribution in [0.3, 0.4) is 0 Å². The third-order valence-corrected chi connectivity index (χ3v) is 0.868. The van der Waals surface area contributed by atoms with Crippen molar-refractivity contribution in [2.75, 3.05) is 7.05 Å². The van der Waals surface area contributed by atoms with Crippen LogP contribution in [0.15, 0.2) is 11.8 Å². The highest BCUT2D eigenvalue weighted by atomic mass is 14.8. The van der Waals surface area contributed by atoms with Gasteiger partial charge < -0.3 is 10.7 Å². The Balaban J connectivity index is 3.66. The topological polar surface area (TPSA) is 35.9 Å². The summed E-state index contributed by atoms with van der Waals surface area (Å²) < 4.78 is 0. The van der Waals surface area contributed by atoms with Crippen molar-refractivity contribution < 1.29 is 0 Å². The van der Waals surface area contributed by atoms with Crippen LogP contribution in [-0.4, -0.2) is 13.3 Å². The average Bonchev–Trinajstić information content (AvgIpc) is 1.83. The molecule has 0 fully saturated rings. The predicted molar refractivity (Wildman–Crippen MR) is 36.2 cm³/mol. The van der Waals surface area contributed by atoms with Crippen molar-refractivity contribution in [3.63, 3.8) is 0 Å². The van der Waals surface area contributed by atoms with E-state index in [1.807, 2.05) is 20.0 Å². The van der Waals surface area contributed by atoms with E-state index in [0.29, 0.717) is 0 Å². The fourth-order valence-corrected chi connectivity index (χ4v) is 0.453. The maximum Gasteiger partial charge on any atom is 0.0475 e. The summed E-state index contributed by atoms with van der Waals surface area (Å²) in [6.07, 6.45) is 4.25. The van der Waals surface area contributed by atoms with Crippen molar-refractivity contribution in [2.24, 2.45) is 0 Å². The molecule has 0 rings (SSSR count). The van der Waals surface area contributed by atoms with Gasteiger partial charge in [-0.15, -0.1) is 0 Å². The summed E-state index contributed by atoms with van der Waals surface area (Å²) in [6, 6.07) is 0. The van der Waals surface area contributed by atoms with Crippen LogP contribution in [0.4, 0.5) is 0 Å². The maximum atomic E-state index is 6.81. The highest BCUT2D eigenvalue weighted by Gasteiger charge is 1.80. The van der Waals surface area contributed by atoms with E-state index < -0.39 is 0 Å². The SMILES string of the molecule is CC/C=C(/C=N)NC. The Labute approximate surface area is 50.1 Å². The minimum Gasteiger partial charge on any atom is -0.387 e. The van der Waals surface area contributed by atoms with Crippen LogP contribution in [0.2, 0.25) is 0 Å². The smallest absolute Gasteiger partial charge is 0.0475 e. The maximum absolute atomic E-state index is 6.81. The van der Waals surface area contributed by atoms with E-state index in [1.165, 1.54) is 6.21 Å². The first-order valence-electron chi connectivity index (χ1n) is 2.73. The van der Waals surface area contributed by atoms with Gasteiger partial charge in [0.05, 0.1) is 0 Å². The zero-order valence-electron chi connectivity index (χ0n) is 5.36. The lowest BCUT2D eigenvalue weighted by Gasteiger charge is -1.94. The van der Waals surface area contributed by atoms with E-state index in [-0.39, 0.29) is 0 Å². The Bertz CT molecular complexity index is 94.7. The Morgan fingerprint density at radius 3 is 2.50 bits per heavy atom. The highest BCUT2D eigenvalue weighted by molar-refractivity contribution is 5.74. The van der Waals surface area contributed by atoms with Gasteiger partial charge in [0.25, 0.3) is 0 Å². The first kappa shape index (κ1) is 7.21. The molecular formula is C6H12N2. The summed E-state index contributed by atoms with van der Waals surface area (Å²) in [7, 11) is 1.81. The second kappa shape index (κ2) is 4.37. The van der Waals surface area contributed by atoms with E-state index in [4.69, 9.17) is 5.41 Å². The molecular weight excluding hydrogens is 100 g/mol. The van der Waals surface area contributed by atoms with Crippen LogP contribution in [0.1, 0.15) is 13.3 Å². The zero-order chi connectivity index (χ0) is 6.41. The lowest BCUT2D eigenvalue weighted by molar-refractivity contribution is 1.03. The van der Waals surface area contributed by atoms with E-state index >= 15 is 0 Å². The number of allylic oxidation sites excluding steroid dienone is 2. The Morgan fingerprint density at radius 2 is 2.38 bits per heavy atom. The van der Waals surface area contributed by atoms with Crippen LogP contribution < -0.4 is 5.32 Å². The molecule has 0 aromatic carbocycles. The van der Waals surface area contributed by atoms with Gasteiger partial charge in [0.15, 0.2) is 0 Å². The normalized spacial score (nSPS) is 11.0. The summed E-state index contributed by atoms with van der Waals surface area (Å²) in [4.78, 5) is 0. The second-order valence-corrected chi connectivity index (χ2v) is 1.46. The van der Waals surface area contributed by atoms with Crippen LogP contribution in [-0.2, 0) is 0 Å². The predicted octanol–water partition coefficient (Wildman–Crippen LogP) is 1.15. The minimum atomic E-state index is 0.882. The van der Waals surface area contributed by atoms with Crippen molar-refractivity contribution in [3.05, 3.63) is 11.8 Å². The van der Waals surface area contributed by atoms with Gasteiger partial charge in [0.2, 0.25) is 0 Å². The summed E-state index contributed by atoms with van der Waals surface area (Å²) in [5.74, 6) is 0. The number of hydrogen-bond donors (Lipinski definition) is 2. The van der Waals surface area contributed by atoms with E-state index in [2.05, 4.69) is 5.32 Å². The molecule has 0 saturated carbocycles. The first-order valence-corrected chi connectivity index (χ1v) is 2.73. The summed E-state index contributed by atoms with van der Waals surface area (Å²) in [5.41, 5.74) is 0.882. The fraction of sp³-hybridized carbons (Fsp3) is 0.500. The van der Waals surface area contributed by atoms with Gasteiger partial charge >= 0.3 is 0 Å². The molecule has 2 nitrogen and oxygen atoms in total. The number of nitrogens with one attached hydrogen (secondary N) is 2. The van der Waals surface area contributed by atoms with Crippen molar-refractivity contribution in [3.8, 4) is 0 Å². The molecule has 2 N–H and O–H groups in total. The largest absolute Gasteiger partial charge is 0.387 e. The third kappa shape index (κ3) is 2.39. The lowest BCUT2D eigenvalue weighted by Crippen LogP contribution is -2.05. The summed E-state index contributed by atoms with van der Waals surface area (Å²) >= 11 is 0. The standard InChI is InChI=1S/C6H12N2/c1-3-4-6(5-7)8-2/h4-5,7-8H,3H2,1-2H3/b6-4-,7-5?. The molecule has 0 aromatic rings. The van der Waals surface area contributed by atoms with Crippen LogP contribution >= 0.6 is 0 Å². The van der Waals surface area contributed by atoms with Crippen LogP contribution in [0, 0.1) is 5.41 Å². The molecule has 0 aromatic heterocycles. The Kier molecular flexibility index (Phi) is 3.94. The van der Waals surface area contributed by atoms with Gasteiger partial charge in [-0.2, -0.15) is 0 Å². The van der Waals surface area contributed by atoms with Crippen LogP contribution in [0.25, 0.3) is 0 Å². The minimum absolute atomic E-state index is 0.882. The Hall–Kier alpha value is -0.790. The summed E-state index contributed by atoms with van der Waals surface area (Å²) in [6.45, 7) is 2.04. The molecule has 2 heteroatoms. The molecule has 0 aliphatic rings. The quantitative estimate of drug-likeness (QED) is 0.528. The van der Waals surface area contributed by atoms with Gasteiger partial charge in [0.1, 0.15) is 0 Å². The molecule has 0 amide bonds. The molecule has 0 bridgehead atoms. The van der Waals surface area contributed by atoms with Crippen LogP contribution in [0.5, 0.6) is 0 Å². The molecule has 0 heterocycles. The number of rotatable bonds is 3. The molecule has 0 radical (unpaired) electrons. The highest BCUT2D eigenvalue weighted by Crippen LogP contribution is 1.84. The molecule has 0 unspecified atom stereocenters. The Morgan fingerprint density at radius 1 is 1.75 bits per heavy atom. The van der Waals surface area contributed by atoms with Gasteiger partial charge in [-0.3, -0.25) is 0 Å². The second-order valence-electron chi connectivity index (χ2n) is 1.46. The van der Waals surface area contributed by atoms with Gasteiger partial charge in [0, 0.05) is 19.0 Å². The summed E-state index contributed by atoms with van der Waals surface area (Å²) in [5, 5.41) is 9.68. The van der Waals surface area contributed by atoms with Gasteiger partial charge in [-0.1, -0.05) is 13.0 Å². The fourth-order valence-electron chi connectivity index (χ4n) is 0.453. The van der Waals surface area contributed by atoms with E-state index in [1.54, 1.807) is 0 Å². The lowest BCUT2D eigenvalue weighted by atomic mass is 10.3. The molecule has 0 atom stereocenters. The molecule has 8 heavy (non-hydrogen) atoms. The third-order valence-electron chi connectivity index (χ3n) is 0.868. The zero-order valence-corrected chi connectivity index (χ0v) is 5.36. The van der Waals surface area contributed by atoms with Crippen molar-refractivity contribution in [1.29, 1.82) is 5.41 Å². The monoisotopic (exact) mass is 112 g/mol.